The Morgan fingerprint density at radius 1 is 0.750 bits per heavy atom. The Kier molecular flexibility index (Phi) is 6.58. The molecule has 0 saturated carbocycles. The zero-order valence-electron chi connectivity index (χ0n) is 21.0. The summed E-state index contributed by atoms with van der Waals surface area (Å²) in [5, 5.41) is 4.58. The zero-order valence-corrected chi connectivity index (χ0v) is 21.0. The van der Waals surface area contributed by atoms with Gasteiger partial charge in [-0.25, -0.2) is 9.97 Å². The first kappa shape index (κ1) is 23.4. The SMILES string of the molecule is COc1ccc(-c2cc3c(N[C@H](C)c4ccc(OC)cc4)ncnc3n2C(C)c2ccccc2)cc1. The molecule has 1 N–H and O–H groups in total. The fourth-order valence-corrected chi connectivity index (χ4v) is 4.58. The molecule has 0 aliphatic heterocycles. The summed E-state index contributed by atoms with van der Waals surface area (Å²) in [6.07, 6.45) is 1.64. The number of methoxy groups -OCH3 is 2. The van der Waals surface area contributed by atoms with Gasteiger partial charge in [-0.15, -0.1) is 0 Å². The maximum atomic E-state index is 5.38. The molecule has 0 saturated heterocycles. The number of rotatable bonds is 8. The summed E-state index contributed by atoms with van der Waals surface area (Å²) in [6.45, 7) is 4.33. The lowest BCUT2D eigenvalue weighted by molar-refractivity contribution is 0.414. The lowest BCUT2D eigenvalue weighted by Gasteiger charge is -2.19. The van der Waals surface area contributed by atoms with Gasteiger partial charge in [-0.1, -0.05) is 42.5 Å². The fourth-order valence-electron chi connectivity index (χ4n) is 4.58. The molecule has 5 rings (SSSR count). The Bertz CT molecular complexity index is 1440. The molecule has 2 heterocycles. The van der Waals surface area contributed by atoms with Gasteiger partial charge in [0, 0.05) is 6.04 Å². The minimum Gasteiger partial charge on any atom is -0.497 e. The summed E-state index contributed by atoms with van der Waals surface area (Å²) < 4.78 is 13.0. The molecule has 0 radical (unpaired) electrons. The summed E-state index contributed by atoms with van der Waals surface area (Å²) in [7, 11) is 3.36. The van der Waals surface area contributed by atoms with Crippen molar-refractivity contribution in [3.8, 4) is 22.8 Å². The van der Waals surface area contributed by atoms with Crippen LogP contribution in [0.3, 0.4) is 0 Å². The van der Waals surface area contributed by atoms with E-state index < -0.39 is 0 Å². The van der Waals surface area contributed by atoms with Gasteiger partial charge in [-0.3, -0.25) is 0 Å². The second-order valence-corrected chi connectivity index (χ2v) is 8.81. The Morgan fingerprint density at radius 2 is 1.39 bits per heavy atom. The van der Waals surface area contributed by atoms with E-state index in [-0.39, 0.29) is 12.1 Å². The summed E-state index contributed by atoms with van der Waals surface area (Å²) in [5.41, 5.74) is 5.41. The molecule has 0 bridgehead atoms. The van der Waals surface area contributed by atoms with E-state index in [1.54, 1.807) is 20.5 Å². The molecule has 5 aromatic rings. The van der Waals surface area contributed by atoms with Crippen LogP contribution in [0.2, 0.25) is 0 Å². The van der Waals surface area contributed by atoms with Gasteiger partial charge in [-0.2, -0.15) is 0 Å². The number of nitrogens with zero attached hydrogens (tertiary/aromatic N) is 3. The molecular weight excluding hydrogens is 448 g/mol. The molecule has 3 aromatic carbocycles. The highest BCUT2D eigenvalue weighted by molar-refractivity contribution is 5.92. The largest absolute Gasteiger partial charge is 0.497 e. The average molecular weight is 479 g/mol. The van der Waals surface area contributed by atoms with Gasteiger partial charge in [0.25, 0.3) is 0 Å². The van der Waals surface area contributed by atoms with Gasteiger partial charge in [0.05, 0.1) is 31.3 Å². The number of nitrogens with one attached hydrogen (secondary N) is 1. The van der Waals surface area contributed by atoms with Crippen molar-refractivity contribution in [2.24, 2.45) is 0 Å². The Balaban J connectivity index is 1.61. The average Bonchev–Trinajstić information content (AvgIpc) is 3.34. The quantitative estimate of drug-likeness (QED) is 0.263. The molecule has 2 atom stereocenters. The molecule has 36 heavy (non-hydrogen) atoms. The summed E-state index contributed by atoms with van der Waals surface area (Å²) in [5.74, 6) is 2.47. The first-order valence-corrected chi connectivity index (χ1v) is 12.0. The zero-order chi connectivity index (χ0) is 25.1. The van der Waals surface area contributed by atoms with Crippen LogP contribution in [0, 0.1) is 0 Å². The number of hydrogen-bond donors (Lipinski definition) is 1. The van der Waals surface area contributed by atoms with Gasteiger partial charge >= 0.3 is 0 Å². The summed E-state index contributed by atoms with van der Waals surface area (Å²) in [4.78, 5) is 9.38. The van der Waals surface area contributed by atoms with Gasteiger partial charge in [-0.05, 0) is 73.0 Å². The topological polar surface area (TPSA) is 61.2 Å². The molecule has 0 aliphatic rings. The minimum absolute atomic E-state index is 0.0494. The first-order chi connectivity index (χ1) is 17.6. The number of fused-ring (bicyclic) bond motifs is 1. The molecule has 6 nitrogen and oxygen atoms in total. The third-order valence-electron chi connectivity index (χ3n) is 6.66. The van der Waals surface area contributed by atoms with Gasteiger partial charge in [0.2, 0.25) is 0 Å². The maximum Gasteiger partial charge on any atom is 0.146 e. The minimum atomic E-state index is 0.0494. The summed E-state index contributed by atoms with van der Waals surface area (Å²) in [6, 6.07) is 29.0. The van der Waals surface area contributed by atoms with Crippen molar-refractivity contribution in [2.45, 2.75) is 25.9 Å². The van der Waals surface area contributed by atoms with E-state index in [0.29, 0.717) is 0 Å². The molecule has 0 spiro atoms. The van der Waals surface area contributed by atoms with Crippen LogP contribution in [-0.2, 0) is 0 Å². The van der Waals surface area contributed by atoms with Crippen molar-refractivity contribution in [1.82, 2.24) is 14.5 Å². The van der Waals surface area contributed by atoms with Gasteiger partial charge < -0.3 is 19.4 Å². The number of benzene rings is 3. The van der Waals surface area contributed by atoms with Crippen molar-refractivity contribution in [3.05, 3.63) is 102 Å². The predicted molar refractivity (Wildman–Crippen MR) is 145 cm³/mol. The van der Waals surface area contributed by atoms with E-state index in [4.69, 9.17) is 14.5 Å². The number of aromatic nitrogens is 3. The van der Waals surface area contributed by atoms with E-state index in [1.165, 1.54) is 5.56 Å². The summed E-state index contributed by atoms with van der Waals surface area (Å²) >= 11 is 0. The smallest absolute Gasteiger partial charge is 0.146 e. The lowest BCUT2D eigenvalue weighted by atomic mass is 10.1. The number of anilines is 1. The molecule has 0 aliphatic carbocycles. The maximum absolute atomic E-state index is 5.38. The second-order valence-electron chi connectivity index (χ2n) is 8.81. The Hall–Kier alpha value is -4.32. The van der Waals surface area contributed by atoms with E-state index in [9.17, 15) is 0 Å². The van der Waals surface area contributed by atoms with Crippen LogP contribution in [0.4, 0.5) is 5.82 Å². The Labute approximate surface area is 211 Å². The van der Waals surface area contributed by atoms with E-state index >= 15 is 0 Å². The highest BCUT2D eigenvalue weighted by atomic mass is 16.5. The van der Waals surface area contributed by atoms with Gasteiger partial charge in [0.15, 0.2) is 0 Å². The van der Waals surface area contributed by atoms with Gasteiger partial charge in [0.1, 0.15) is 29.3 Å². The van der Waals surface area contributed by atoms with E-state index in [2.05, 4.69) is 83.3 Å². The van der Waals surface area contributed by atoms with Crippen LogP contribution in [0.5, 0.6) is 11.5 Å². The van der Waals surface area contributed by atoms with Crippen molar-refractivity contribution >= 4 is 16.9 Å². The Morgan fingerprint density at radius 3 is 2.03 bits per heavy atom. The van der Waals surface area contributed by atoms with Crippen LogP contribution < -0.4 is 14.8 Å². The third-order valence-corrected chi connectivity index (χ3v) is 6.66. The highest BCUT2D eigenvalue weighted by Gasteiger charge is 2.21. The van der Waals surface area contributed by atoms with E-state index in [0.717, 1.165) is 45.2 Å². The predicted octanol–water partition coefficient (Wildman–Crippen LogP) is 6.90. The van der Waals surface area contributed by atoms with Crippen molar-refractivity contribution < 1.29 is 9.47 Å². The van der Waals surface area contributed by atoms with Crippen molar-refractivity contribution in [1.29, 1.82) is 0 Å². The van der Waals surface area contributed by atoms with Crippen LogP contribution in [0.1, 0.15) is 37.1 Å². The molecule has 6 heteroatoms. The van der Waals surface area contributed by atoms with Crippen LogP contribution in [0.25, 0.3) is 22.3 Å². The van der Waals surface area contributed by atoms with E-state index in [1.807, 2.05) is 30.3 Å². The molecule has 182 valence electrons. The monoisotopic (exact) mass is 478 g/mol. The normalized spacial score (nSPS) is 12.8. The van der Waals surface area contributed by atoms with Crippen molar-refractivity contribution in [2.75, 3.05) is 19.5 Å². The highest BCUT2D eigenvalue weighted by Crippen LogP contribution is 2.36. The van der Waals surface area contributed by atoms with Crippen LogP contribution in [0.15, 0.2) is 91.3 Å². The molecule has 0 fully saturated rings. The molecule has 1 unspecified atom stereocenters. The third kappa shape index (κ3) is 4.50. The second kappa shape index (κ2) is 10.1. The molecule has 2 aromatic heterocycles. The van der Waals surface area contributed by atoms with Crippen molar-refractivity contribution in [3.63, 3.8) is 0 Å². The lowest BCUT2D eigenvalue weighted by Crippen LogP contribution is -2.10. The first-order valence-electron chi connectivity index (χ1n) is 12.0. The number of ether oxygens (including phenoxy) is 2. The standard InChI is InChI=1S/C30H30N4O2/c1-20(22-10-14-25(35-3)15-11-22)33-29-27-18-28(24-12-16-26(36-4)17-13-24)34(30(27)32-19-31-29)21(2)23-8-6-5-7-9-23/h5-21H,1-4H3,(H,31,32,33)/t20-,21?/m1/s1. The van der Waals surface area contributed by atoms with Crippen LogP contribution in [-0.4, -0.2) is 28.8 Å². The molecule has 0 amide bonds. The van der Waals surface area contributed by atoms with Crippen LogP contribution >= 0.6 is 0 Å². The number of hydrogen-bond acceptors (Lipinski definition) is 5. The molecular formula is C30H30N4O2. The fraction of sp³-hybridized carbons (Fsp3) is 0.200.